The Kier molecular flexibility index (Phi) is 27.8. The topological polar surface area (TPSA) is 8.17 Å². The van der Waals surface area contributed by atoms with Gasteiger partial charge in [-0.3, -0.25) is 0 Å². The smallest absolute Gasteiger partial charge is 0.0541 e. The lowest BCUT2D eigenvalue weighted by Crippen LogP contribution is -2.10. The van der Waals surface area contributed by atoms with E-state index in [1.54, 1.807) is 12.2 Å². The van der Waals surface area contributed by atoms with Gasteiger partial charge in [-0.25, -0.2) is 0 Å². The van der Waals surface area contributed by atoms with Gasteiger partial charge in [0.15, 0.2) is 0 Å². The van der Waals surface area contributed by atoms with Crippen LogP contribution in [0.25, 0.3) is 93.9 Å². The molecule has 12 rings (SSSR count). The fraction of sp³-hybridized carbons (Fsp3) is 0.116. The average Bonchev–Trinajstić information content (AvgIpc) is 3.03. The molecule has 0 N–H and O–H groups in total. The molecule has 0 aliphatic rings. The number of nitrogens with zero attached hydrogens (tertiary/aromatic N) is 2. The highest BCUT2D eigenvalue weighted by molar-refractivity contribution is 6.11. The van der Waals surface area contributed by atoms with Gasteiger partial charge in [-0.2, -0.15) is 0 Å². The van der Waals surface area contributed by atoms with Crippen molar-refractivity contribution in [2.75, 3.05) is 4.90 Å². The summed E-state index contributed by atoms with van der Waals surface area (Å²) in [6.45, 7) is 26.7. The maximum absolute atomic E-state index is 3.46. The molecule has 442 valence electrons. The van der Waals surface area contributed by atoms with Gasteiger partial charge in [0, 0.05) is 33.2 Å². The van der Waals surface area contributed by atoms with Crippen LogP contribution in [0.1, 0.15) is 69.2 Å². The van der Waals surface area contributed by atoms with E-state index in [2.05, 4.69) is 290 Å². The Labute approximate surface area is 527 Å². The van der Waals surface area contributed by atoms with Crippen molar-refractivity contribution in [1.82, 2.24) is 4.57 Å². The number of rotatable bonds is 11. The van der Waals surface area contributed by atoms with Gasteiger partial charge in [-0.15, -0.1) is 6.58 Å². The fourth-order valence-electron chi connectivity index (χ4n) is 10.1. The Balaban J connectivity index is 0.000000490. The van der Waals surface area contributed by atoms with Gasteiger partial charge in [-0.1, -0.05) is 301 Å². The van der Waals surface area contributed by atoms with Crippen molar-refractivity contribution in [2.45, 2.75) is 69.2 Å². The Morgan fingerprint density at radius 1 is 0.295 bits per heavy atom. The molecule has 1 heterocycles. The number of anilines is 3. The summed E-state index contributed by atoms with van der Waals surface area (Å²) < 4.78 is 2.39. The normalized spacial score (nSPS) is 10.5. The zero-order chi connectivity index (χ0) is 62.9. The minimum atomic E-state index is 1.11. The molecular weight excluding hydrogens is 1060 g/mol. The molecule has 1 aromatic heterocycles. The van der Waals surface area contributed by atoms with Crippen LogP contribution in [0.2, 0.25) is 0 Å². The number of allylic oxidation sites excluding steroid dienone is 10. The van der Waals surface area contributed by atoms with Gasteiger partial charge in [0.2, 0.25) is 0 Å². The van der Waals surface area contributed by atoms with Gasteiger partial charge >= 0.3 is 0 Å². The second kappa shape index (κ2) is 36.5. The molecule has 0 atom stereocenters. The van der Waals surface area contributed by atoms with Gasteiger partial charge in [0.1, 0.15) is 0 Å². The molecule has 0 saturated carbocycles. The SMILES string of the molecule is C/C=C\C.C/C=C\C=C/C.C=C/C=C\C.C=CC.CC.CC.c1ccc(-c2ccc(N(c3ccccc3)c3ccc(-c4ccc(-c5ccc(-c6ccc7c(c6)c6ccccc6n7-c6ccc(-c7ccccc7)cc6)cc5)cc4)c4ccccc34)cc2)cc1. The van der Waals surface area contributed by atoms with Gasteiger partial charge < -0.3 is 9.47 Å². The van der Waals surface area contributed by atoms with Crippen molar-refractivity contribution < 1.29 is 0 Å². The van der Waals surface area contributed by atoms with E-state index in [4.69, 9.17) is 0 Å². The lowest BCUT2D eigenvalue weighted by molar-refractivity contribution is 1.18. The molecule has 0 aliphatic heterocycles. The summed E-state index contributed by atoms with van der Waals surface area (Å²) in [7, 11) is 0. The Morgan fingerprint density at radius 2 is 0.659 bits per heavy atom. The first-order valence-electron chi connectivity index (χ1n) is 30.9. The molecule has 0 fully saturated rings. The summed E-state index contributed by atoms with van der Waals surface area (Å²) in [4.78, 5) is 2.37. The standard InChI is InChI=1S/C64H44N2.C6H10.C5H8.C4H8.C3H6.2C2H6/c1-4-14-45(15-5-1)49-32-37-55(38-33-49)65(54-18-8-3-9-19-54)63-43-41-57(58-20-10-11-21-59(58)63)52-30-28-48(29-31-52)47-24-26-51(27-25-47)53-36-42-64-61(44-53)60-22-12-13-23-62(60)66(64)56-39-34-50(35-40-56)46-16-6-2-7-17-46;1-3-5-6-4-2;1-3-5-4-2;1-3-4-2;1-3-2;2*1-2/h1-44H;3-6H,1-2H3;3-5H,1H2,2H3;3-4H,1-2H3;3H,1H2,2H3;2*1-2H3/b;5-3-,6-4-;5-4-;4-3-;;;. The zero-order valence-electron chi connectivity index (χ0n) is 53.5. The maximum atomic E-state index is 3.46. The Morgan fingerprint density at radius 3 is 1.12 bits per heavy atom. The summed E-state index contributed by atoms with van der Waals surface area (Å²) in [5.74, 6) is 0. The van der Waals surface area contributed by atoms with Crippen LogP contribution in [0, 0.1) is 0 Å². The average molecular weight is 1150 g/mol. The first kappa shape index (κ1) is 66.9. The summed E-state index contributed by atoms with van der Waals surface area (Å²) in [6.07, 6.45) is 19.3. The Bertz CT molecular complexity index is 4090. The van der Waals surface area contributed by atoms with Crippen molar-refractivity contribution in [3.8, 4) is 61.3 Å². The summed E-state index contributed by atoms with van der Waals surface area (Å²) >= 11 is 0. The van der Waals surface area contributed by atoms with Crippen molar-refractivity contribution in [2.24, 2.45) is 0 Å². The third-order valence-corrected chi connectivity index (χ3v) is 14.2. The molecule has 0 bridgehead atoms. The van der Waals surface area contributed by atoms with Gasteiger partial charge in [0.25, 0.3) is 0 Å². The predicted molar refractivity (Wildman–Crippen MR) is 394 cm³/mol. The lowest BCUT2D eigenvalue weighted by Gasteiger charge is -2.27. The molecule has 0 aliphatic carbocycles. The van der Waals surface area contributed by atoms with E-state index in [1.807, 2.05) is 118 Å². The van der Waals surface area contributed by atoms with E-state index in [0.717, 1.165) is 22.7 Å². The molecule has 0 spiro atoms. The second-order valence-electron chi connectivity index (χ2n) is 19.8. The summed E-state index contributed by atoms with van der Waals surface area (Å²) in [6, 6.07) is 96.7. The highest BCUT2D eigenvalue weighted by Gasteiger charge is 2.18. The van der Waals surface area contributed by atoms with Crippen LogP contribution < -0.4 is 4.90 Å². The number of fused-ring (bicyclic) bond motifs is 4. The van der Waals surface area contributed by atoms with Gasteiger partial charge in [-0.05, 0) is 163 Å². The number of hydrogen-bond acceptors (Lipinski definition) is 1. The van der Waals surface area contributed by atoms with Crippen LogP contribution >= 0.6 is 0 Å². The third kappa shape index (κ3) is 17.4. The maximum Gasteiger partial charge on any atom is 0.0541 e. The third-order valence-electron chi connectivity index (χ3n) is 14.2. The molecule has 0 unspecified atom stereocenters. The molecule has 0 saturated heterocycles. The van der Waals surface area contributed by atoms with Crippen LogP contribution in [-0.2, 0) is 0 Å². The van der Waals surface area contributed by atoms with Crippen molar-refractivity contribution in [3.05, 3.63) is 341 Å². The molecule has 0 amide bonds. The molecule has 0 radical (unpaired) electrons. The number of hydrogen-bond donors (Lipinski definition) is 0. The monoisotopic (exact) mass is 1150 g/mol. The van der Waals surface area contributed by atoms with Crippen molar-refractivity contribution in [1.29, 1.82) is 0 Å². The predicted octanol–water partition coefficient (Wildman–Crippen LogP) is 26.5. The van der Waals surface area contributed by atoms with Gasteiger partial charge in [0.05, 0.1) is 16.7 Å². The summed E-state index contributed by atoms with van der Waals surface area (Å²) in [5.41, 5.74) is 19.0. The summed E-state index contributed by atoms with van der Waals surface area (Å²) in [5, 5.41) is 4.92. The zero-order valence-corrected chi connectivity index (χ0v) is 53.5. The minimum absolute atomic E-state index is 1.11. The molecule has 11 aromatic carbocycles. The minimum Gasteiger partial charge on any atom is -0.310 e. The lowest BCUT2D eigenvalue weighted by atomic mass is 9.94. The number of para-hydroxylation sites is 2. The molecule has 88 heavy (non-hydrogen) atoms. The number of aromatic nitrogens is 1. The highest BCUT2D eigenvalue weighted by Crippen LogP contribution is 2.43. The van der Waals surface area contributed by atoms with Crippen molar-refractivity contribution in [3.63, 3.8) is 0 Å². The second-order valence-corrected chi connectivity index (χ2v) is 19.8. The van der Waals surface area contributed by atoms with Crippen LogP contribution in [0.15, 0.2) is 341 Å². The van der Waals surface area contributed by atoms with Crippen LogP contribution in [0.4, 0.5) is 17.1 Å². The van der Waals surface area contributed by atoms with E-state index in [1.165, 1.54) is 88.2 Å². The van der Waals surface area contributed by atoms with E-state index in [0.29, 0.717) is 0 Å². The quantitative estimate of drug-likeness (QED) is 0.0926. The number of benzene rings is 11. The van der Waals surface area contributed by atoms with E-state index in [9.17, 15) is 0 Å². The van der Waals surface area contributed by atoms with Crippen LogP contribution in [0.3, 0.4) is 0 Å². The largest absolute Gasteiger partial charge is 0.310 e. The first-order chi connectivity index (χ1) is 43.4. The molecule has 12 aromatic rings. The van der Waals surface area contributed by atoms with E-state index < -0.39 is 0 Å². The molecule has 2 nitrogen and oxygen atoms in total. The molecule has 2 heteroatoms. The highest BCUT2D eigenvalue weighted by atomic mass is 15.1. The first-order valence-corrected chi connectivity index (χ1v) is 30.9. The van der Waals surface area contributed by atoms with Crippen molar-refractivity contribution >= 4 is 49.6 Å². The fourth-order valence-corrected chi connectivity index (χ4v) is 10.1. The van der Waals surface area contributed by atoms with Crippen LogP contribution in [0.5, 0.6) is 0 Å². The Hall–Kier alpha value is -10.3. The van der Waals surface area contributed by atoms with E-state index in [-0.39, 0.29) is 0 Å². The van der Waals surface area contributed by atoms with E-state index >= 15 is 0 Å². The van der Waals surface area contributed by atoms with Crippen LogP contribution in [-0.4, -0.2) is 4.57 Å². The molecular formula is C86H88N2.